The van der Waals surface area contributed by atoms with Crippen LogP contribution in [0.1, 0.15) is 0 Å². The molecule has 0 fully saturated rings. The summed E-state index contributed by atoms with van der Waals surface area (Å²) in [5.41, 5.74) is 1.50. The second kappa shape index (κ2) is 5.48. The number of halogens is 3. The van der Waals surface area contributed by atoms with Crippen molar-refractivity contribution in [1.82, 2.24) is 25.0 Å². The first-order valence-electron chi connectivity index (χ1n) is 5.64. The summed E-state index contributed by atoms with van der Waals surface area (Å²) in [6.07, 6.45) is 2.73. The number of aromatic nitrogens is 5. The van der Waals surface area contributed by atoms with Crippen molar-refractivity contribution >= 4 is 34.8 Å². The van der Waals surface area contributed by atoms with Crippen molar-refractivity contribution in [2.75, 3.05) is 0 Å². The van der Waals surface area contributed by atoms with Crippen LogP contribution < -0.4 is 0 Å². The molecule has 106 valence electrons. The number of hydrogen-bond acceptors (Lipinski definition) is 5. The van der Waals surface area contributed by atoms with Crippen molar-refractivity contribution < 1.29 is 5.11 Å². The molecule has 0 aliphatic heterocycles. The van der Waals surface area contributed by atoms with E-state index in [-0.39, 0.29) is 16.1 Å². The number of hydrogen-bond donors (Lipinski definition) is 1. The van der Waals surface area contributed by atoms with Gasteiger partial charge in [0.2, 0.25) is 5.88 Å². The molecule has 9 heteroatoms. The molecule has 0 amide bonds. The van der Waals surface area contributed by atoms with E-state index in [4.69, 9.17) is 34.8 Å². The lowest BCUT2D eigenvalue weighted by molar-refractivity contribution is 0.452. The van der Waals surface area contributed by atoms with Crippen LogP contribution >= 0.6 is 34.8 Å². The van der Waals surface area contributed by atoms with Crippen LogP contribution in [-0.2, 0) is 0 Å². The second-order valence-corrected chi connectivity index (χ2v) is 5.21. The molecule has 3 aromatic rings. The molecule has 0 spiro atoms. The Balaban J connectivity index is 2.26. The zero-order valence-electron chi connectivity index (χ0n) is 10.2. The molecule has 0 bridgehead atoms. The molecule has 6 nitrogen and oxygen atoms in total. The smallest absolute Gasteiger partial charge is 0.233 e. The van der Waals surface area contributed by atoms with Crippen molar-refractivity contribution in [2.45, 2.75) is 0 Å². The minimum atomic E-state index is -0.316. The average Bonchev–Trinajstić information content (AvgIpc) is 2.88. The van der Waals surface area contributed by atoms with E-state index < -0.39 is 0 Å². The van der Waals surface area contributed by atoms with Gasteiger partial charge in [0.15, 0.2) is 5.15 Å². The Morgan fingerprint density at radius 3 is 2.62 bits per heavy atom. The van der Waals surface area contributed by atoms with E-state index in [0.29, 0.717) is 22.0 Å². The predicted molar refractivity (Wildman–Crippen MR) is 79.1 cm³/mol. The molecule has 0 saturated carbocycles. The predicted octanol–water partition coefficient (Wildman–Crippen LogP) is 3.39. The van der Waals surface area contributed by atoms with Gasteiger partial charge in [-0.3, -0.25) is 0 Å². The van der Waals surface area contributed by atoms with E-state index in [0.717, 1.165) is 0 Å². The monoisotopic (exact) mass is 341 g/mol. The largest absolute Gasteiger partial charge is 0.492 e. The highest BCUT2D eigenvalue weighted by Crippen LogP contribution is 2.35. The fourth-order valence-electron chi connectivity index (χ4n) is 1.81. The molecular formula is C12H6Cl3N5O. The zero-order valence-corrected chi connectivity index (χ0v) is 12.5. The lowest BCUT2D eigenvalue weighted by Gasteiger charge is -2.10. The summed E-state index contributed by atoms with van der Waals surface area (Å²) in [4.78, 5) is 7.70. The quantitative estimate of drug-likeness (QED) is 0.772. The fraction of sp³-hybridized carbons (Fsp3) is 0. The Morgan fingerprint density at radius 2 is 1.90 bits per heavy atom. The first-order valence-corrected chi connectivity index (χ1v) is 6.77. The maximum atomic E-state index is 9.62. The van der Waals surface area contributed by atoms with E-state index in [1.807, 2.05) is 0 Å². The van der Waals surface area contributed by atoms with E-state index in [1.54, 1.807) is 18.2 Å². The third kappa shape index (κ3) is 2.65. The molecule has 0 unspecified atom stereocenters. The van der Waals surface area contributed by atoms with Gasteiger partial charge in [-0.25, -0.2) is 14.6 Å². The van der Waals surface area contributed by atoms with Gasteiger partial charge in [0.1, 0.15) is 11.3 Å². The van der Waals surface area contributed by atoms with Crippen LogP contribution in [0.2, 0.25) is 15.2 Å². The van der Waals surface area contributed by atoms with Crippen molar-refractivity contribution in [3.05, 3.63) is 45.9 Å². The Hall–Kier alpha value is -1.89. The van der Waals surface area contributed by atoms with Crippen LogP contribution in [0.5, 0.6) is 5.88 Å². The zero-order chi connectivity index (χ0) is 15.0. The Bertz CT molecular complexity index is 820. The SMILES string of the molecule is Oc1ncnc(-c2cc(Cl)ccc2-n2cc(Cl)nn2)c1Cl. The third-order valence-electron chi connectivity index (χ3n) is 2.70. The van der Waals surface area contributed by atoms with Crippen molar-refractivity contribution in [3.8, 4) is 22.8 Å². The molecule has 21 heavy (non-hydrogen) atoms. The van der Waals surface area contributed by atoms with E-state index in [2.05, 4.69) is 20.3 Å². The van der Waals surface area contributed by atoms with Gasteiger partial charge in [-0.1, -0.05) is 40.0 Å². The van der Waals surface area contributed by atoms with Crippen LogP contribution in [-0.4, -0.2) is 30.1 Å². The van der Waals surface area contributed by atoms with Crippen LogP contribution in [0.15, 0.2) is 30.7 Å². The van der Waals surface area contributed by atoms with Gasteiger partial charge >= 0.3 is 0 Å². The summed E-state index contributed by atoms with van der Waals surface area (Å²) in [7, 11) is 0. The highest BCUT2D eigenvalue weighted by Gasteiger charge is 2.16. The lowest BCUT2D eigenvalue weighted by Crippen LogP contribution is -2.00. The number of nitrogens with zero attached hydrogens (tertiary/aromatic N) is 5. The number of rotatable bonds is 2. The molecule has 0 aliphatic carbocycles. The highest BCUT2D eigenvalue weighted by atomic mass is 35.5. The van der Waals surface area contributed by atoms with Crippen LogP contribution in [0, 0.1) is 0 Å². The molecule has 3 rings (SSSR count). The minimum absolute atomic E-state index is 0.0206. The second-order valence-electron chi connectivity index (χ2n) is 4.01. The molecule has 2 aromatic heterocycles. The molecule has 0 saturated heterocycles. The molecule has 0 atom stereocenters. The number of aromatic hydroxyl groups is 1. The molecule has 1 N–H and O–H groups in total. The molecule has 0 radical (unpaired) electrons. The van der Waals surface area contributed by atoms with E-state index in [9.17, 15) is 5.11 Å². The Kier molecular flexibility index (Phi) is 3.67. The average molecular weight is 343 g/mol. The summed E-state index contributed by atoms with van der Waals surface area (Å²) in [5.74, 6) is -0.316. The first-order chi connectivity index (χ1) is 10.1. The fourth-order valence-corrected chi connectivity index (χ4v) is 2.30. The Morgan fingerprint density at radius 1 is 1.10 bits per heavy atom. The third-order valence-corrected chi connectivity index (χ3v) is 3.45. The van der Waals surface area contributed by atoms with Crippen molar-refractivity contribution in [2.24, 2.45) is 0 Å². The van der Waals surface area contributed by atoms with Crippen molar-refractivity contribution in [1.29, 1.82) is 0 Å². The molecule has 2 heterocycles. The number of benzene rings is 1. The Labute approximate surface area is 133 Å². The van der Waals surface area contributed by atoms with Gasteiger partial charge in [-0.15, -0.1) is 5.10 Å². The topological polar surface area (TPSA) is 76.7 Å². The van der Waals surface area contributed by atoms with Gasteiger partial charge < -0.3 is 5.11 Å². The molecule has 1 aromatic carbocycles. The highest BCUT2D eigenvalue weighted by molar-refractivity contribution is 6.34. The summed E-state index contributed by atoms with van der Waals surface area (Å²) >= 11 is 17.9. The van der Waals surface area contributed by atoms with E-state index >= 15 is 0 Å². The van der Waals surface area contributed by atoms with Gasteiger partial charge in [0.25, 0.3) is 0 Å². The maximum absolute atomic E-state index is 9.62. The molecular weight excluding hydrogens is 337 g/mol. The summed E-state index contributed by atoms with van der Waals surface area (Å²) in [6.45, 7) is 0. The van der Waals surface area contributed by atoms with Gasteiger partial charge in [0.05, 0.1) is 17.6 Å². The molecule has 0 aliphatic rings. The summed E-state index contributed by atoms with van der Waals surface area (Å²) in [5, 5.41) is 18.0. The minimum Gasteiger partial charge on any atom is -0.492 e. The van der Waals surface area contributed by atoms with Gasteiger partial charge in [-0.2, -0.15) is 0 Å². The van der Waals surface area contributed by atoms with Gasteiger partial charge in [-0.05, 0) is 18.2 Å². The normalized spacial score (nSPS) is 10.8. The summed E-state index contributed by atoms with van der Waals surface area (Å²) < 4.78 is 1.46. The standard InChI is InChI=1S/C12H6Cl3N5O/c13-6-1-2-8(20-4-9(14)18-19-20)7(3-6)11-10(15)12(21)17-5-16-11/h1-5H,(H,16,17,21). The van der Waals surface area contributed by atoms with Crippen LogP contribution in [0.3, 0.4) is 0 Å². The summed E-state index contributed by atoms with van der Waals surface area (Å²) in [6, 6.07) is 5.06. The first kappa shape index (κ1) is 14.1. The maximum Gasteiger partial charge on any atom is 0.233 e. The van der Waals surface area contributed by atoms with Crippen LogP contribution in [0.4, 0.5) is 0 Å². The lowest BCUT2D eigenvalue weighted by atomic mass is 10.1. The van der Waals surface area contributed by atoms with E-state index in [1.165, 1.54) is 17.2 Å². The van der Waals surface area contributed by atoms with Gasteiger partial charge in [0, 0.05) is 10.6 Å². The van der Waals surface area contributed by atoms with Crippen molar-refractivity contribution in [3.63, 3.8) is 0 Å². The van der Waals surface area contributed by atoms with Crippen LogP contribution in [0.25, 0.3) is 16.9 Å².